The van der Waals surface area contributed by atoms with Crippen LogP contribution in [-0.2, 0) is 9.47 Å². The van der Waals surface area contributed by atoms with Crippen LogP contribution in [0.3, 0.4) is 0 Å². The number of ether oxygens (including phenoxy) is 2. The van der Waals surface area contributed by atoms with Crippen molar-refractivity contribution in [2.75, 3.05) is 27.3 Å². The summed E-state index contributed by atoms with van der Waals surface area (Å²) in [4.78, 5) is 2.51. The Balaban J connectivity index is 2.09. The topological polar surface area (TPSA) is 33.7 Å². The minimum Gasteiger partial charge on any atom is -0.347 e. The maximum Gasteiger partial charge on any atom is 0.170 e. The Labute approximate surface area is 117 Å². The lowest BCUT2D eigenvalue weighted by Gasteiger charge is -2.47. The summed E-state index contributed by atoms with van der Waals surface area (Å²) in [6.07, 6.45) is 3.11. The highest BCUT2D eigenvalue weighted by Crippen LogP contribution is 2.38. The van der Waals surface area contributed by atoms with E-state index < -0.39 is 0 Å². The van der Waals surface area contributed by atoms with E-state index in [-0.39, 0.29) is 5.79 Å². The molecule has 4 heteroatoms. The Morgan fingerprint density at radius 1 is 1.21 bits per heavy atom. The predicted octanol–water partition coefficient (Wildman–Crippen LogP) is 1.85. The number of hydrogen-bond donors (Lipinski definition) is 1. The maximum absolute atomic E-state index is 5.92. The van der Waals surface area contributed by atoms with E-state index in [0.717, 1.165) is 32.5 Å². The first-order chi connectivity index (χ1) is 8.99. The van der Waals surface area contributed by atoms with E-state index in [0.29, 0.717) is 24.0 Å². The summed E-state index contributed by atoms with van der Waals surface area (Å²) in [5.41, 5.74) is 0. The highest BCUT2D eigenvalue weighted by molar-refractivity contribution is 4.96. The molecule has 1 saturated heterocycles. The van der Waals surface area contributed by atoms with Gasteiger partial charge in [0.25, 0.3) is 0 Å². The summed E-state index contributed by atoms with van der Waals surface area (Å²) >= 11 is 0. The fraction of sp³-hybridized carbons (Fsp3) is 1.00. The van der Waals surface area contributed by atoms with Crippen molar-refractivity contribution in [1.82, 2.24) is 10.2 Å². The minimum atomic E-state index is -0.303. The van der Waals surface area contributed by atoms with Crippen LogP contribution in [0.25, 0.3) is 0 Å². The van der Waals surface area contributed by atoms with E-state index in [1.54, 1.807) is 0 Å². The monoisotopic (exact) mass is 270 g/mol. The quantitative estimate of drug-likeness (QED) is 0.845. The highest BCUT2D eigenvalue weighted by atomic mass is 16.7. The predicted molar refractivity (Wildman–Crippen MR) is 77.2 cm³/mol. The Morgan fingerprint density at radius 3 is 2.37 bits per heavy atom. The van der Waals surface area contributed by atoms with Crippen LogP contribution in [0.15, 0.2) is 0 Å². The third-order valence-electron chi connectivity index (χ3n) is 5.14. The van der Waals surface area contributed by atoms with Gasteiger partial charge < -0.3 is 14.8 Å². The molecule has 2 fully saturated rings. The van der Waals surface area contributed by atoms with Crippen LogP contribution >= 0.6 is 0 Å². The van der Waals surface area contributed by atoms with Crippen LogP contribution in [0, 0.1) is 5.92 Å². The van der Waals surface area contributed by atoms with Gasteiger partial charge in [0.05, 0.1) is 13.2 Å². The highest BCUT2D eigenvalue weighted by Gasteiger charge is 2.46. The molecule has 4 nitrogen and oxygen atoms in total. The molecule has 0 aromatic heterocycles. The van der Waals surface area contributed by atoms with E-state index in [4.69, 9.17) is 9.47 Å². The Hall–Kier alpha value is -0.160. The van der Waals surface area contributed by atoms with Gasteiger partial charge in [0.2, 0.25) is 0 Å². The number of hydrogen-bond acceptors (Lipinski definition) is 4. The van der Waals surface area contributed by atoms with Crippen molar-refractivity contribution in [2.24, 2.45) is 5.92 Å². The second kappa shape index (κ2) is 6.08. The molecule has 3 atom stereocenters. The standard InChI is InChI=1S/C15H30N2O2/c1-11(2)12(3)17(5)14-10-15(18-8-9-19-15)7-6-13(14)16-4/h11-14,16H,6-10H2,1-5H3. The van der Waals surface area contributed by atoms with Crippen LogP contribution in [-0.4, -0.2) is 56.1 Å². The number of likely N-dealkylation sites (N-methyl/N-ethyl adjacent to an activating group) is 2. The molecule has 0 amide bonds. The van der Waals surface area contributed by atoms with Gasteiger partial charge in [0.1, 0.15) is 0 Å². The van der Waals surface area contributed by atoms with Gasteiger partial charge in [-0.2, -0.15) is 0 Å². The largest absolute Gasteiger partial charge is 0.347 e. The van der Waals surface area contributed by atoms with Crippen LogP contribution < -0.4 is 5.32 Å². The Morgan fingerprint density at radius 2 is 1.84 bits per heavy atom. The molecule has 1 spiro atoms. The molecule has 112 valence electrons. The molecule has 1 aliphatic heterocycles. The molecular formula is C15H30N2O2. The zero-order valence-corrected chi connectivity index (χ0v) is 13.1. The SMILES string of the molecule is CNC1CCC2(CC1N(C)C(C)C(C)C)OCCO2. The molecule has 0 aromatic rings. The summed E-state index contributed by atoms with van der Waals surface area (Å²) in [6, 6.07) is 1.58. The molecule has 0 bridgehead atoms. The van der Waals surface area contributed by atoms with Gasteiger partial charge in [-0.05, 0) is 33.4 Å². The molecule has 1 aliphatic carbocycles. The first-order valence-electron chi connectivity index (χ1n) is 7.66. The maximum atomic E-state index is 5.92. The van der Waals surface area contributed by atoms with E-state index in [2.05, 4.69) is 45.1 Å². The molecule has 0 aromatic carbocycles. The fourth-order valence-electron chi connectivity index (χ4n) is 3.43. The minimum absolute atomic E-state index is 0.303. The fourth-order valence-corrected chi connectivity index (χ4v) is 3.43. The zero-order chi connectivity index (χ0) is 14.0. The third-order valence-corrected chi connectivity index (χ3v) is 5.14. The molecule has 1 saturated carbocycles. The van der Waals surface area contributed by atoms with Crippen molar-refractivity contribution in [2.45, 2.75) is 63.9 Å². The van der Waals surface area contributed by atoms with Gasteiger partial charge in [0.15, 0.2) is 5.79 Å². The van der Waals surface area contributed by atoms with Gasteiger partial charge in [0, 0.05) is 31.0 Å². The molecule has 1 N–H and O–H groups in total. The average molecular weight is 270 g/mol. The first kappa shape index (κ1) is 15.2. The average Bonchev–Trinajstić information content (AvgIpc) is 2.85. The van der Waals surface area contributed by atoms with Crippen molar-refractivity contribution in [3.8, 4) is 0 Å². The zero-order valence-electron chi connectivity index (χ0n) is 13.1. The van der Waals surface area contributed by atoms with Crippen molar-refractivity contribution in [3.63, 3.8) is 0 Å². The van der Waals surface area contributed by atoms with Crippen molar-refractivity contribution in [1.29, 1.82) is 0 Å². The van der Waals surface area contributed by atoms with Gasteiger partial charge >= 0.3 is 0 Å². The number of nitrogens with one attached hydrogen (secondary N) is 1. The lowest BCUT2D eigenvalue weighted by atomic mass is 9.83. The van der Waals surface area contributed by atoms with Crippen molar-refractivity contribution in [3.05, 3.63) is 0 Å². The molecule has 0 radical (unpaired) electrons. The molecule has 1 heterocycles. The Bertz CT molecular complexity index is 290. The van der Waals surface area contributed by atoms with Crippen LogP contribution in [0.2, 0.25) is 0 Å². The third kappa shape index (κ3) is 3.13. The second-order valence-electron chi connectivity index (χ2n) is 6.46. The van der Waals surface area contributed by atoms with E-state index >= 15 is 0 Å². The molecule has 3 unspecified atom stereocenters. The Kier molecular flexibility index (Phi) is 4.88. The van der Waals surface area contributed by atoms with Gasteiger partial charge in [-0.25, -0.2) is 0 Å². The van der Waals surface area contributed by atoms with E-state index in [9.17, 15) is 0 Å². The summed E-state index contributed by atoms with van der Waals surface area (Å²) in [5.74, 6) is 0.356. The van der Waals surface area contributed by atoms with Crippen LogP contribution in [0.4, 0.5) is 0 Å². The summed E-state index contributed by atoms with van der Waals surface area (Å²) in [5, 5.41) is 3.48. The van der Waals surface area contributed by atoms with Crippen LogP contribution in [0.1, 0.15) is 40.0 Å². The smallest absolute Gasteiger partial charge is 0.170 e. The van der Waals surface area contributed by atoms with E-state index in [1.165, 1.54) is 0 Å². The van der Waals surface area contributed by atoms with Gasteiger partial charge in [-0.1, -0.05) is 13.8 Å². The van der Waals surface area contributed by atoms with Gasteiger partial charge in [-0.3, -0.25) is 4.90 Å². The normalized spacial score (nSPS) is 32.4. The lowest BCUT2D eigenvalue weighted by Crippen LogP contribution is -2.58. The number of rotatable bonds is 4. The summed E-state index contributed by atoms with van der Waals surface area (Å²) in [7, 11) is 4.31. The summed E-state index contributed by atoms with van der Waals surface area (Å²) < 4.78 is 11.8. The molecule has 2 aliphatic rings. The van der Waals surface area contributed by atoms with Crippen molar-refractivity contribution >= 4 is 0 Å². The number of nitrogens with zero attached hydrogens (tertiary/aromatic N) is 1. The second-order valence-corrected chi connectivity index (χ2v) is 6.46. The van der Waals surface area contributed by atoms with Crippen molar-refractivity contribution < 1.29 is 9.47 Å². The molecule has 2 rings (SSSR count). The molecule has 19 heavy (non-hydrogen) atoms. The van der Waals surface area contributed by atoms with Crippen LogP contribution in [0.5, 0.6) is 0 Å². The first-order valence-corrected chi connectivity index (χ1v) is 7.66. The summed E-state index contributed by atoms with van der Waals surface area (Å²) in [6.45, 7) is 8.39. The van der Waals surface area contributed by atoms with Gasteiger partial charge in [-0.15, -0.1) is 0 Å². The van der Waals surface area contributed by atoms with E-state index in [1.807, 2.05) is 0 Å². The molecular weight excluding hydrogens is 240 g/mol. The lowest BCUT2D eigenvalue weighted by molar-refractivity contribution is -0.194.